The summed E-state index contributed by atoms with van der Waals surface area (Å²) in [5.74, 6) is 0.733. The number of rotatable bonds is 1. The lowest BCUT2D eigenvalue weighted by molar-refractivity contribution is 0.0636. The van der Waals surface area contributed by atoms with Gasteiger partial charge in [0.15, 0.2) is 0 Å². The van der Waals surface area contributed by atoms with E-state index in [1.807, 2.05) is 52.8 Å². The van der Waals surface area contributed by atoms with Crippen LogP contribution in [0, 0.1) is 0 Å². The standard InChI is InChI=1S/C16H20BrNO3/c1-15(2,3)21-14(19)18-11-7-6-10-8-13(17)16(4,5)20-12(10)9-11/h6-9H,1-5H3,(H,18,19). The normalized spacial score (nSPS) is 16.4. The number of halogens is 1. The van der Waals surface area contributed by atoms with E-state index >= 15 is 0 Å². The third kappa shape index (κ3) is 4.00. The molecule has 1 heterocycles. The van der Waals surface area contributed by atoms with Crippen molar-refractivity contribution in [3.63, 3.8) is 0 Å². The number of hydrogen-bond donors (Lipinski definition) is 1. The van der Waals surface area contributed by atoms with E-state index in [-0.39, 0.29) is 0 Å². The summed E-state index contributed by atoms with van der Waals surface area (Å²) in [6, 6.07) is 5.52. The van der Waals surface area contributed by atoms with Crippen molar-refractivity contribution in [2.24, 2.45) is 0 Å². The van der Waals surface area contributed by atoms with E-state index in [0.717, 1.165) is 15.8 Å². The molecule has 1 aromatic carbocycles. The Morgan fingerprint density at radius 1 is 1.33 bits per heavy atom. The van der Waals surface area contributed by atoms with Gasteiger partial charge in [-0.1, -0.05) is 15.9 Å². The van der Waals surface area contributed by atoms with Gasteiger partial charge in [0, 0.05) is 21.8 Å². The van der Waals surface area contributed by atoms with Crippen LogP contribution in [0.15, 0.2) is 22.7 Å². The van der Waals surface area contributed by atoms with Crippen molar-refractivity contribution in [1.29, 1.82) is 0 Å². The highest BCUT2D eigenvalue weighted by atomic mass is 79.9. The van der Waals surface area contributed by atoms with E-state index in [9.17, 15) is 4.79 Å². The first-order chi connectivity index (χ1) is 9.57. The number of carbonyl (C=O) groups excluding carboxylic acids is 1. The number of carbonyl (C=O) groups is 1. The predicted octanol–water partition coefficient (Wildman–Crippen LogP) is 4.94. The van der Waals surface area contributed by atoms with Gasteiger partial charge in [0.05, 0.1) is 0 Å². The second-order valence-corrected chi connectivity index (χ2v) is 7.34. The number of fused-ring (bicyclic) bond motifs is 1. The number of ether oxygens (including phenoxy) is 2. The van der Waals surface area contributed by atoms with Gasteiger partial charge in [0.1, 0.15) is 17.0 Å². The number of amides is 1. The Morgan fingerprint density at radius 2 is 2.00 bits per heavy atom. The van der Waals surface area contributed by atoms with Crippen molar-refractivity contribution in [3.05, 3.63) is 28.2 Å². The van der Waals surface area contributed by atoms with Crippen LogP contribution in [0.3, 0.4) is 0 Å². The summed E-state index contributed by atoms with van der Waals surface area (Å²) in [4.78, 5) is 11.8. The summed E-state index contributed by atoms with van der Waals surface area (Å²) < 4.78 is 12.2. The Kier molecular flexibility index (Phi) is 4.06. The molecule has 0 unspecified atom stereocenters. The minimum atomic E-state index is -0.523. The average molecular weight is 354 g/mol. The van der Waals surface area contributed by atoms with Crippen molar-refractivity contribution in [2.75, 3.05) is 5.32 Å². The molecule has 0 atom stereocenters. The molecule has 0 saturated carbocycles. The van der Waals surface area contributed by atoms with Crippen LogP contribution in [0.5, 0.6) is 5.75 Å². The van der Waals surface area contributed by atoms with Crippen LogP contribution in [0.4, 0.5) is 10.5 Å². The quantitative estimate of drug-likeness (QED) is 0.777. The molecule has 0 fully saturated rings. The fourth-order valence-corrected chi connectivity index (χ4v) is 2.20. The predicted molar refractivity (Wildman–Crippen MR) is 87.9 cm³/mol. The lowest BCUT2D eigenvalue weighted by Crippen LogP contribution is -2.31. The summed E-state index contributed by atoms with van der Waals surface area (Å²) in [6.45, 7) is 9.43. The van der Waals surface area contributed by atoms with Crippen LogP contribution in [0.2, 0.25) is 0 Å². The maximum Gasteiger partial charge on any atom is 0.412 e. The third-order valence-electron chi connectivity index (χ3n) is 2.88. The maximum atomic E-state index is 11.8. The van der Waals surface area contributed by atoms with Gasteiger partial charge < -0.3 is 9.47 Å². The van der Waals surface area contributed by atoms with Gasteiger partial charge in [-0.2, -0.15) is 0 Å². The first-order valence-corrected chi connectivity index (χ1v) is 7.57. The summed E-state index contributed by atoms with van der Waals surface area (Å²) in [7, 11) is 0. The molecule has 0 aliphatic carbocycles. The van der Waals surface area contributed by atoms with Gasteiger partial charge in [0.2, 0.25) is 0 Å². The van der Waals surface area contributed by atoms with Crippen LogP contribution >= 0.6 is 15.9 Å². The Labute approximate surface area is 133 Å². The van der Waals surface area contributed by atoms with Crippen LogP contribution in [-0.2, 0) is 4.74 Å². The zero-order chi connectivity index (χ0) is 15.8. The molecule has 0 spiro atoms. The Morgan fingerprint density at radius 3 is 2.62 bits per heavy atom. The van der Waals surface area contributed by atoms with Crippen LogP contribution in [0.1, 0.15) is 40.2 Å². The highest BCUT2D eigenvalue weighted by molar-refractivity contribution is 9.11. The first-order valence-electron chi connectivity index (χ1n) is 6.77. The van der Waals surface area contributed by atoms with Crippen LogP contribution in [-0.4, -0.2) is 17.3 Å². The third-order valence-corrected chi connectivity index (χ3v) is 4.07. The molecule has 1 aliphatic rings. The lowest BCUT2D eigenvalue weighted by Gasteiger charge is -2.31. The summed E-state index contributed by atoms with van der Waals surface area (Å²) in [6.07, 6.45) is 1.55. The van der Waals surface area contributed by atoms with Crippen molar-refractivity contribution in [2.45, 2.75) is 45.8 Å². The Bertz CT molecular complexity index is 600. The molecule has 5 heteroatoms. The highest BCUT2D eigenvalue weighted by Gasteiger charge is 2.29. The van der Waals surface area contributed by atoms with E-state index in [4.69, 9.17) is 9.47 Å². The fourth-order valence-electron chi connectivity index (χ4n) is 1.88. The number of nitrogens with one attached hydrogen (secondary N) is 1. The smallest absolute Gasteiger partial charge is 0.412 e. The molecule has 0 saturated heterocycles. The Balaban J connectivity index is 2.18. The molecule has 0 radical (unpaired) electrons. The lowest BCUT2D eigenvalue weighted by atomic mass is 10.0. The molecule has 1 N–H and O–H groups in total. The number of anilines is 1. The highest BCUT2D eigenvalue weighted by Crippen LogP contribution is 2.39. The molecule has 1 aliphatic heterocycles. The minimum Gasteiger partial charge on any atom is -0.482 e. The van der Waals surface area contributed by atoms with Gasteiger partial charge in [-0.25, -0.2) is 4.79 Å². The monoisotopic (exact) mass is 353 g/mol. The van der Waals surface area contributed by atoms with E-state index in [2.05, 4.69) is 21.2 Å². The zero-order valence-electron chi connectivity index (χ0n) is 12.9. The van der Waals surface area contributed by atoms with Crippen molar-refractivity contribution in [1.82, 2.24) is 0 Å². The molecule has 1 amide bonds. The number of hydrogen-bond acceptors (Lipinski definition) is 3. The number of benzene rings is 1. The largest absolute Gasteiger partial charge is 0.482 e. The molecule has 1 aromatic rings. The Hall–Kier alpha value is -1.49. The van der Waals surface area contributed by atoms with Crippen molar-refractivity contribution in [3.8, 4) is 5.75 Å². The second kappa shape index (κ2) is 5.37. The van der Waals surface area contributed by atoms with Crippen molar-refractivity contribution < 1.29 is 14.3 Å². The zero-order valence-corrected chi connectivity index (χ0v) is 14.5. The van der Waals surface area contributed by atoms with E-state index in [1.54, 1.807) is 6.07 Å². The fraction of sp³-hybridized carbons (Fsp3) is 0.438. The second-order valence-electron chi connectivity index (χ2n) is 6.48. The molecule has 21 heavy (non-hydrogen) atoms. The molecule has 2 rings (SSSR count). The van der Waals surface area contributed by atoms with E-state index in [1.165, 1.54) is 0 Å². The molecular weight excluding hydrogens is 334 g/mol. The van der Waals surface area contributed by atoms with Crippen LogP contribution in [0.25, 0.3) is 6.08 Å². The topological polar surface area (TPSA) is 47.6 Å². The van der Waals surface area contributed by atoms with Gasteiger partial charge in [-0.15, -0.1) is 0 Å². The van der Waals surface area contributed by atoms with E-state index in [0.29, 0.717) is 5.69 Å². The summed E-state index contributed by atoms with van der Waals surface area (Å²) in [5.41, 5.74) is 0.670. The molecule has 4 nitrogen and oxygen atoms in total. The minimum absolute atomic E-state index is 0.419. The molecule has 114 valence electrons. The summed E-state index contributed by atoms with van der Waals surface area (Å²) in [5, 5.41) is 2.71. The van der Waals surface area contributed by atoms with Gasteiger partial charge in [-0.05, 0) is 52.8 Å². The summed E-state index contributed by atoms with van der Waals surface area (Å²) >= 11 is 3.52. The molecule has 0 aromatic heterocycles. The van der Waals surface area contributed by atoms with Gasteiger partial charge >= 0.3 is 6.09 Å². The van der Waals surface area contributed by atoms with Gasteiger partial charge in [-0.3, -0.25) is 5.32 Å². The molecule has 0 bridgehead atoms. The average Bonchev–Trinajstić information content (AvgIpc) is 2.28. The maximum absolute atomic E-state index is 11.8. The van der Waals surface area contributed by atoms with Crippen molar-refractivity contribution >= 4 is 33.8 Å². The van der Waals surface area contributed by atoms with Gasteiger partial charge in [0.25, 0.3) is 0 Å². The van der Waals surface area contributed by atoms with E-state index < -0.39 is 17.3 Å². The van der Waals surface area contributed by atoms with Crippen LogP contribution < -0.4 is 10.1 Å². The SMILES string of the molecule is CC(C)(C)OC(=O)Nc1ccc2c(c1)OC(C)(C)C(Br)=C2. The first kappa shape index (κ1) is 15.9. The molecular formula is C16H20BrNO3.